The van der Waals surface area contributed by atoms with E-state index >= 15 is 0 Å². The van der Waals surface area contributed by atoms with Gasteiger partial charge in [-0.15, -0.1) is 11.3 Å². The summed E-state index contributed by atoms with van der Waals surface area (Å²) in [5.74, 6) is 0. The van der Waals surface area contributed by atoms with Crippen molar-refractivity contribution >= 4 is 70.1 Å². The number of anilines is 3. The predicted molar refractivity (Wildman–Crippen MR) is 319 cm³/mol. The zero-order valence-electron chi connectivity index (χ0n) is 41.9. The molecule has 74 heavy (non-hydrogen) atoms. The summed E-state index contributed by atoms with van der Waals surface area (Å²) in [6, 6.07) is 101. The lowest BCUT2D eigenvalue weighted by Gasteiger charge is -2.35. The van der Waals surface area contributed by atoms with Crippen LogP contribution >= 0.6 is 11.3 Å². The number of hydrogen-bond donors (Lipinski definition) is 0. The van der Waals surface area contributed by atoms with Gasteiger partial charge in [0.15, 0.2) is 0 Å². The third-order valence-corrected chi connectivity index (χ3v) is 15.9. The van der Waals surface area contributed by atoms with Crippen molar-refractivity contribution in [2.24, 2.45) is 0 Å². The van der Waals surface area contributed by atoms with Crippen molar-refractivity contribution in [3.63, 3.8) is 0 Å². The van der Waals surface area contributed by atoms with Crippen LogP contribution in [0.2, 0.25) is 0 Å². The second-order valence-corrected chi connectivity index (χ2v) is 20.4. The molecule has 12 aromatic carbocycles. The van der Waals surface area contributed by atoms with Gasteiger partial charge < -0.3 is 4.90 Å². The van der Waals surface area contributed by atoms with Crippen molar-refractivity contribution in [2.75, 3.05) is 4.90 Å². The van der Waals surface area contributed by atoms with Crippen molar-refractivity contribution in [2.45, 2.75) is 26.2 Å². The molecule has 14 rings (SSSR count). The normalized spacial score (nSPS) is 12.1. The zero-order chi connectivity index (χ0) is 50.0. The summed E-state index contributed by atoms with van der Waals surface area (Å²) in [4.78, 5) is 2.40. The number of nitrogens with zero attached hydrogens (tertiary/aromatic N) is 1. The number of rotatable bonds is 6. The third kappa shape index (κ3) is 8.34. The fourth-order valence-electron chi connectivity index (χ4n) is 11.4. The third-order valence-electron chi connectivity index (χ3n) is 14.8. The average molecular weight is 966 g/mol. The summed E-state index contributed by atoms with van der Waals surface area (Å²) < 4.78 is 2.78. The highest BCUT2D eigenvalue weighted by atomic mass is 32.1. The van der Waals surface area contributed by atoms with Gasteiger partial charge in [0, 0.05) is 37.2 Å². The number of hydrogen-bond acceptors (Lipinski definition) is 2. The molecule has 1 aliphatic carbocycles. The predicted octanol–water partition coefficient (Wildman–Crippen LogP) is 20.2. The van der Waals surface area contributed by atoms with Crippen LogP contribution in [0.1, 0.15) is 38.9 Å². The Kier molecular flexibility index (Phi) is 12.5. The van der Waals surface area contributed by atoms with Crippen LogP contribution in [0.5, 0.6) is 0 Å². The van der Waals surface area contributed by atoms with Crippen LogP contribution in [-0.2, 0) is 5.41 Å². The largest absolute Gasteiger partial charge is 0.310 e. The van der Waals surface area contributed by atoms with E-state index in [0.29, 0.717) is 0 Å². The molecule has 0 N–H and O–H groups in total. The van der Waals surface area contributed by atoms with Crippen LogP contribution in [0, 0.1) is 20.8 Å². The van der Waals surface area contributed by atoms with Crippen molar-refractivity contribution in [3.8, 4) is 22.3 Å². The van der Waals surface area contributed by atoms with Gasteiger partial charge in [-0.2, -0.15) is 0 Å². The Morgan fingerprint density at radius 3 is 1.54 bits per heavy atom. The Morgan fingerprint density at radius 2 is 0.865 bits per heavy atom. The highest BCUT2D eigenvalue weighted by Gasteiger charge is 2.47. The molecule has 0 saturated heterocycles. The van der Waals surface area contributed by atoms with Crippen molar-refractivity contribution in [1.82, 2.24) is 0 Å². The van der Waals surface area contributed by atoms with Crippen molar-refractivity contribution in [3.05, 3.63) is 318 Å². The van der Waals surface area contributed by atoms with E-state index < -0.39 is 5.41 Å². The quantitative estimate of drug-likeness (QED) is 0.161. The second-order valence-electron chi connectivity index (χ2n) is 19.3. The molecular formula is C72H55NS. The smallest absolute Gasteiger partial charge is 0.0714 e. The number of thiophene rings is 1. The van der Waals surface area contributed by atoms with Gasteiger partial charge in [-0.25, -0.2) is 0 Å². The maximum Gasteiger partial charge on any atom is 0.0714 e. The van der Waals surface area contributed by atoms with E-state index in [1.165, 1.54) is 103 Å². The van der Waals surface area contributed by atoms with E-state index in [1.54, 1.807) is 0 Å². The van der Waals surface area contributed by atoms with E-state index in [-0.39, 0.29) is 0 Å². The van der Waals surface area contributed by atoms with Gasteiger partial charge in [0.2, 0.25) is 0 Å². The molecular weight excluding hydrogens is 911 g/mol. The van der Waals surface area contributed by atoms with Crippen LogP contribution in [0.25, 0.3) is 64.0 Å². The fraction of sp³-hybridized carbons (Fsp3) is 0.0556. The highest BCUT2D eigenvalue weighted by Crippen LogP contribution is 2.59. The second kappa shape index (κ2) is 20.0. The van der Waals surface area contributed by atoms with E-state index in [1.807, 2.05) is 29.5 Å². The number of aryl methyl sites for hydroxylation is 3. The van der Waals surface area contributed by atoms with E-state index in [0.717, 1.165) is 17.1 Å². The van der Waals surface area contributed by atoms with Crippen molar-refractivity contribution < 1.29 is 0 Å². The Morgan fingerprint density at radius 1 is 0.338 bits per heavy atom. The van der Waals surface area contributed by atoms with Crippen LogP contribution in [-0.4, -0.2) is 0 Å². The number of fused-ring (bicyclic) bond motifs is 9. The molecule has 0 bridgehead atoms. The minimum Gasteiger partial charge on any atom is -0.310 e. The summed E-state index contributed by atoms with van der Waals surface area (Å²) >= 11 is 1.88. The molecule has 2 heteroatoms. The van der Waals surface area contributed by atoms with Crippen LogP contribution in [0.3, 0.4) is 0 Å². The lowest BCUT2D eigenvalue weighted by Crippen LogP contribution is -2.29. The molecule has 0 atom stereocenters. The molecule has 0 fully saturated rings. The molecule has 1 nitrogen and oxygen atoms in total. The highest BCUT2D eigenvalue weighted by molar-refractivity contribution is 7.25. The molecule has 0 saturated carbocycles. The van der Waals surface area contributed by atoms with Crippen LogP contribution in [0.15, 0.2) is 279 Å². The van der Waals surface area contributed by atoms with Crippen molar-refractivity contribution in [1.29, 1.82) is 0 Å². The fourth-order valence-corrected chi connectivity index (χ4v) is 12.6. The first-order chi connectivity index (χ1) is 36.5. The van der Waals surface area contributed by atoms with Gasteiger partial charge in [-0.05, 0) is 146 Å². The Hall–Kier alpha value is -8.82. The van der Waals surface area contributed by atoms with Gasteiger partial charge in [0.05, 0.1) is 5.41 Å². The summed E-state index contributed by atoms with van der Waals surface area (Å²) in [5, 5.41) is 7.94. The SMILES string of the molecule is Cc1cc2c(c3ccccc13)-c1ccc(N(c3ccccc3)c3ccc(-c4cccc5ccccc45)cc3)cc1C2(c1ccccc1)c1ccccc1.Cc1cccc2sc3ccccc3c12.Cc1ccccc1. The number of para-hydroxylation sites is 1. The first-order valence-corrected chi connectivity index (χ1v) is 26.4. The topological polar surface area (TPSA) is 3.24 Å². The maximum atomic E-state index is 2.46. The Bertz CT molecular complexity index is 4040. The van der Waals surface area contributed by atoms with Gasteiger partial charge >= 0.3 is 0 Å². The molecule has 354 valence electrons. The standard InChI is InChI=1S/C52H37N.C13H10S.C7H8/c1-36-34-50-51(47-26-14-13-24-44(36)47)48-33-32-43(35-49(48)52(50,39-18-5-2-6-19-39)40-20-7-3-8-21-40)53(41-22-9-4-10-23-41)42-30-28-38(29-31-42)46-27-15-17-37-16-11-12-25-45(37)46;1-9-5-4-8-12-13(9)10-6-2-3-7-11(10)14-12;1-7-5-3-2-4-6-7/h2-35H,1H3;2-8H,1H3;2-6H,1H3. The lowest BCUT2D eigenvalue weighted by molar-refractivity contribution is 0.768. The van der Waals surface area contributed by atoms with Gasteiger partial charge in [0.25, 0.3) is 0 Å². The molecule has 0 unspecified atom stereocenters. The summed E-state index contributed by atoms with van der Waals surface area (Å²) in [6.45, 7) is 6.53. The summed E-state index contributed by atoms with van der Waals surface area (Å²) in [6.07, 6.45) is 0. The number of benzene rings is 12. The Labute approximate surface area is 438 Å². The molecule has 13 aromatic rings. The monoisotopic (exact) mass is 965 g/mol. The van der Waals surface area contributed by atoms with Gasteiger partial charge in [0.1, 0.15) is 0 Å². The molecule has 0 spiro atoms. The van der Waals surface area contributed by atoms with Crippen LogP contribution < -0.4 is 4.90 Å². The summed E-state index contributed by atoms with van der Waals surface area (Å²) in [7, 11) is 0. The maximum absolute atomic E-state index is 2.46. The lowest BCUT2D eigenvalue weighted by atomic mass is 9.67. The van der Waals surface area contributed by atoms with E-state index in [4.69, 9.17) is 0 Å². The summed E-state index contributed by atoms with van der Waals surface area (Å²) in [5.41, 5.74) is 17.1. The minimum atomic E-state index is -0.515. The first-order valence-electron chi connectivity index (χ1n) is 25.6. The first kappa shape index (κ1) is 46.3. The van der Waals surface area contributed by atoms with Gasteiger partial charge in [-0.3, -0.25) is 0 Å². The average Bonchev–Trinajstić information content (AvgIpc) is 4.01. The molecule has 0 aliphatic heterocycles. The molecule has 0 radical (unpaired) electrons. The van der Waals surface area contributed by atoms with E-state index in [9.17, 15) is 0 Å². The Balaban J connectivity index is 0.000000217. The minimum absolute atomic E-state index is 0.515. The molecule has 1 aliphatic rings. The molecule has 0 amide bonds. The zero-order valence-corrected chi connectivity index (χ0v) is 42.7. The molecule has 1 heterocycles. The van der Waals surface area contributed by atoms with E-state index in [2.05, 4.69) is 287 Å². The van der Waals surface area contributed by atoms with Crippen LogP contribution in [0.4, 0.5) is 17.1 Å². The molecule has 1 aromatic heterocycles. The van der Waals surface area contributed by atoms with Gasteiger partial charge in [-0.1, -0.05) is 236 Å².